The van der Waals surface area contributed by atoms with Crippen molar-refractivity contribution >= 4 is 34.6 Å². The van der Waals surface area contributed by atoms with Crippen LogP contribution in [-0.4, -0.2) is 35.9 Å². The van der Waals surface area contributed by atoms with Crippen molar-refractivity contribution in [2.75, 3.05) is 23.0 Å². The molecular formula is C23H19F4N3O3S. The van der Waals surface area contributed by atoms with Gasteiger partial charge in [-0.05, 0) is 56.4 Å². The van der Waals surface area contributed by atoms with Gasteiger partial charge in [-0.3, -0.25) is 9.69 Å². The number of anilines is 2. The van der Waals surface area contributed by atoms with Gasteiger partial charge in [0.2, 0.25) is 0 Å². The Kier molecular flexibility index (Phi) is 5.99. The van der Waals surface area contributed by atoms with Crippen molar-refractivity contribution in [3.05, 3.63) is 53.3 Å². The maximum atomic E-state index is 14.8. The van der Waals surface area contributed by atoms with Crippen LogP contribution in [-0.2, 0) is 15.7 Å². The van der Waals surface area contributed by atoms with E-state index >= 15 is 0 Å². The fraction of sp³-hybridized carbons (Fsp3) is 0.348. The minimum absolute atomic E-state index is 0.0206. The van der Waals surface area contributed by atoms with E-state index in [-0.39, 0.29) is 28.3 Å². The number of carbonyl (C=O) groups excluding carboxylic acids is 1. The summed E-state index contributed by atoms with van der Waals surface area (Å²) in [5.74, 6) is -1.25. The molecule has 0 radical (unpaired) electrons. The molecule has 0 spiro atoms. The zero-order valence-corrected chi connectivity index (χ0v) is 19.0. The molecule has 0 unspecified atom stereocenters. The average Bonchev–Trinajstić information content (AvgIpc) is 3.33. The lowest BCUT2D eigenvalue weighted by Gasteiger charge is -2.29. The van der Waals surface area contributed by atoms with E-state index in [9.17, 15) is 22.4 Å². The number of carbonyl (C=O) groups is 1. The van der Waals surface area contributed by atoms with Gasteiger partial charge in [0.25, 0.3) is 5.91 Å². The van der Waals surface area contributed by atoms with Crippen LogP contribution in [0.2, 0.25) is 0 Å². The zero-order chi connectivity index (χ0) is 24.8. The number of alkyl halides is 3. The van der Waals surface area contributed by atoms with E-state index in [1.165, 1.54) is 43.0 Å². The lowest BCUT2D eigenvalue weighted by Crippen LogP contribution is -2.44. The topological polar surface area (TPSA) is 65.8 Å². The van der Waals surface area contributed by atoms with Crippen LogP contribution in [0.4, 0.5) is 28.9 Å². The van der Waals surface area contributed by atoms with Gasteiger partial charge in [-0.1, -0.05) is 0 Å². The Morgan fingerprint density at radius 1 is 1.21 bits per heavy atom. The Hall–Kier alpha value is -3.23. The number of halogens is 4. The van der Waals surface area contributed by atoms with Crippen molar-refractivity contribution in [1.82, 2.24) is 0 Å². The van der Waals surface area contributed by atoms with Gasteiger partial charge in [0.1, 0.15) is 11.6 Å². The second-order valence-electron chi connectivity index (χ2n) is 8.38. The number of amides is 1. The molecule has 2 aliphatic rings. The number of hydrogen-bond donors (Lipinski definition) is 0. The highest BCUT2D eigenvalue weighted by molar-refractivity contribution is 7.81. The summed E-state index contributed by atoms with van der Waals surface area (Å²) in [6.07, 6.45) is -4.43. The Morgan fingerprint density at radius 3 is 2.50 bits per heavy atom. The Labute approximate surface area is 198 Å². The molecule has 1 amide bonds. The molecular weight excluding hydrogens is 474 g/mol. The van der Waals surface area contributed by atoms with Crippen LogP contribution in [0.5, 0.6) is 5.75 Å². The normalized spacial score (nSPS) is 20.1. The molecule has 178 valence electrons. The lowest BCUT2D eigenvalue weighted by molar-refractivity contribution is -0.137. The number of rotatable bonds is 4. The molecule has 6 nitrogen and oxygen atoms in total. The first-order valence-corrected chi connectivity index (χ1v) is 10.7. The molecule has 0 bridgehead atoms. The minimum Gasteiger partial charge on any atom is -0.485 e. The fourth-order valence-electron chi connectivity index (χ4n) is 3.97. The Morgan fingerprint density at radius 2 is 1.91 bits per heavy atom. The van der Waals surface area contributed by atoms with E-state index in [0.717, 1.165) is 17.0 Å². The number of ether oxygens (including phenoxy) is 2. The van der Waals surface area contributed by atoms with Crippen molar-refractivity contribution in [1.29, 1.82) is 5.26 Å². The summed E-state index contributed by atoms with van der Waals surface area (Å²) in [4.78, 5) is 15.6. The summed E-state index contributed by atoms with van der Waals surface area (Å²) < 4.78 is 66.0. The van der Waals surface area contributed by atoms with Gasteiger partial charge in [0, 0.05) is 18.2 Å². The van der Waals surface area contributed by atoms with Gasteiger partial charge in [-0.25, -0.2) is 4.39 Å². The molecule has 2 saturated heterocycles. The third kappa shape index (κ3) is 4.08. The second kappa shape index (κ2) is 8.52. The van der Waals surface area contributed by atoms with E-state index in [0.29, 0.717) is 25.7 Å². The SMILES string of the molecule is CC1(C)C(=O)N(c2ccc(C#N)c(C(F)(F)F)c2)C(=S)N1c1ccc(O[C@H]2CCOC2)c(F)c1. The van der Waals surface area contributed by atoms with Gasteiger partial charge in [0.05, 0.1) is 36.1 Å². The molecule has 4 rings (SSSR count). The van der Waals surface area contributed by atoms with Gasteiger partial charge >= 0.3 is 6.18 Å². The van der Waals surface area contributed by atoms with E-state index < -0.39 is 34.6 Å². The van der Waals surface area contributed by atoms with Crippen LogP contribution in [0, 0.1) is 17.1 Å². The molecule has 11 heteroatoms. The maximum absolute atomic E-state index is 14.8. The second-order valence-corrected chi connectivity index (χ2v) is 8.74. The standard InChI is InChI=1S/C23H19F4N3O3S/c1-22(2)20(31)29(14-4-3-13(11-28)17(9-14)23(25,26)27)21(34)30(22)15-5-6-19(18(24)10-15)33-16-7-8-32-12-16/h3-6,9-10,16H,7-8,12H2,1-2H3/t16-/m0/s1. The minimum atomic E-state index is -4.80. The molecule has 0 saturated carbocycles. The molecule has 1 atom stereocenters. The zero-order valence-electron chi connectivity index (χ0n) is 18.1. The lowest BCUT2D eigenvalue weighted by atomic mass is 10.0. The van der Waals surface area contributed by atoms with E-state index in [4.69, 9.17) is 27.0 Å². The van der Waals surface area contributed by atoms with E-state index in [1.807, 2.05) is 0 Å². The van der Waals surface area contributed by atoms with Crippen LogP contribution >= 0.6 is 12.2 Å². The maximum Gasteiger partial charge on any atom is 0.417 e. The summed E-state index contributed by atoms with van der Waals surface area (Å²) in [7, 11) is 0. The molecule has 0 aromatic heterocycles. The molecule has 0 aliphatic carbocycles. The summed E-state index contributed by atoms with van der Waals surface area (Å²) >= 11 is 5.46. The highest BCUT2D eigenvalue weighted by Gasteiger charge is 2.51. The highest BCUT2D eigenvalue weighted by atomic mass is 32.1. The Balaban J connectivity index is 1.69. The van der Waals surface area contributed by atoms with Crippen LogP contribution in [0.3, 0.4) is 0 Å². The highest BCUT2D eigenvalue weighted by Crippen LogP contribution is 2.40. The quantitative estimate of drug-likeness (QED) is 0.450. The van der Waals surface area contributed by atoms with Gasteiger partial charge in [0.15, 0.2) is 16.7 Å². The van der Waals surface area contributed by atoms with Crippen LogP contribution in [0.25, 0.3) is 0 Å². The molecule has 2 heterocycles. The van der Waals surface area contributed by atoms with Crippen molar-refractivity contribution in [2.24, 2.45) is 0 Å². The number of nitrogens with zero attached hydrogens (tertiary/aromatic N) is 3. The molecule has 2 aliphatic heterocycles. The monoisotopic (exact) mass is 493 g/mol. The first-order valence-electron chi connectivity index (χ1n) is 10.3. The Bertz CT molecular complexity index is 1200. The summed E-state index contributed by atoms with van der Waals surface area (Å²) in [6.45, 7) is 3.96. The molecule has 34 heavy (non-hydrogen) atoms. The summed E-state index contributed by atoms with van der Waals surface area (Å²) in [5.41, 5.74) is -2.98. The molecule has 2 aromatic rings. The van der Waals surface area contributed by atoms with Crippen molar-refractivity contribution < 1.29 is 31.8 Å². The molecule has 0 N–H and O–H groups in total. The fourth-order valence-corrected chi connectivity index (χ4v) is 4.49. The molecule has 2 aromatic carbocycles. The van der Waals surface area contributed by atoms with Crippen molar-refractivity contribution in [3.63, 3.8) is 0 Å². The third-order valence-corrected chi connectivity index (χ3v) is 6.08. The first-order chi connectivity index (χ1) is 15.9. The smallest absolute Gasteiger partial charge is 0.417 e. The predicted molar refractivity (Wildman–Crippen MR) is 119 cm³/mol. The van der Waals surface area contributed by atoms with Crippen LogP contribution in [0.1, 0.15) is 31.4 Å². The predicted octanol–water partition coefficient (Wildman–Crippen LogP) is 4.80. The third-order valence-electron chi connectivity index (χ3n) is 5.71. The number of hydrogen-bond acceptors (Lipinski definition) is 5. The largest absolute Gasteiger partial charge is 0.485 e. The van der Waals surface area contributed by atoms with E-state index in [1.54, 1.807) is 0 Å². The van der Waals surface area contributed by atoms with Gasteiger partial charge in [-0.2, -0.15) is 18.4 Å². The summed E-state index contributed by atoms with van der Waals surface area (Å²) in [5, 5.41) is 8.92. The molecule has 2 fully saturated rings. The van der Waals surface area contributed by atoms with Crippen LogP contribution in [0.15, 0.2) is 36.4 Å². The van der Waals surface area contributed by atoms with Crippen molar-refractivity contribution in [3.8, 4) is 11.8 Å². The van der Waals surface area contributed by atoms with Gasteiger partial charge < -0.3 is 14.4 Å². The number of benzene rings is 2. The van der Waals surface area contributed by atoms with E-state index in [2.05, 4.69) is 0 Å². The summed E-state index contributed by atoms with van der Waals surface area (Å²) in [6, 6.07) is 8.53. The first kappa shape index (κ1) is 23.9. The average molecular weight is 493 g/mol. The number of thiocarbonyl (C=S) groups is 1. The van der Waals surface area contributed by atoms with Gasteiger partial charge in [-0.15, -0.1) is 0 Å². The number of nitriles is 1. The van der Waals surface area contributed by atoms with Crippen molar-refractivity contribution in [2.45, 2.75) is 38.1 Å². The van der Waals surface area contributed by atoms with Crippen LogP contribution < -0.4 is 14.5 Å².